The first-order valence-corrected chi connectivity index (χ1v) is 7.89. The van der Waals surface area contributed by atoms with Gasteiger partial charge in [-0.1, -0.05) is 6.92 Å². The van der Waals surface area contributed by atoms with E-state index >= 15 is 0 Å². The van der Waals surface area contributed by atoms with Crippen molar-refractivity contribution in [1.82, 2.24) is 0 Å². The van der Waals surface area contributed by atoms with Gasteiger partial charge in [-0.2, -0.15) is 0 Å². The zero-order chi connectivity index (χ0) is 15.2. The van der Waals surface area contributed by atoms with Crippen molar-refractivity contribution in [2.75, 3.05) is 24.6 Å². The van der Waals surface area contributed by atoms with E-state index < -0.39 is 0 Å². The lowest BCUT2D eigenvalue weighted by Gasteiger charge is -2.35. The van der Waals surface area contributed by atoms with Crippen LogP contribution >= 0.6 is 11.6 Å². The molecular formula is C15H21ClN2O3. The van der Waals surface area contributed by atoms with E-state index in [2.05, 4.69) is 11.8 Å². The number of alkyl halides is 1. The SMILES string of the molecule is CCCOC1CCCN(c2ccc([N+](=O)[O-])cc2CCl)C1. The van der Waals surface area contributed by atoms with Crippen molar-refractivity contribution in [3.63, 3.8) is 0 Å². The average molecular weight is 313 g/mol. The number of nitro benzene ring substituents is 1. The zero-order valence-corrected chi connectivity index (χ0v) is 13.0. The third-order valence-electron chi connectivity index (χ3n) is 3.69. The summed E-state index contributed by atoms with van der Waals surface area (Å²) in [6.07, 6.45) is 3.38. The van der Waals surface area contributed by atoms with E-state index in [0.717, 1.165) is 50.2 Å². The van der Waals surface area contributed by atoms with Gasteiger partial charge in [0, 0.05) is 43.4 Å². The lowest BCUT2D eigenvalue weighted by molar-refractivity contribution is -0.384. The molecule has 1 aliphatic rings. The molecule has 116 valence electrons. The van der Waals surface area contributed by atoms with Crippen LogP contribution in [-0.4, -0.2) is 30.7 Å². The molecular weight excluding hydrogens is 292 g/mol. The molecule has 0 radical (unpaired) electrons. The zero-order valence-electron chi connectivity index (χ0n) is 12.3. The van der Waals surface area contributed by atoms with Gasteiger partial charge >= 0.3 is 0 Å². The Labute approximate surface area is 130 Å². The topological polar surface area (TPSA) is 55.6 Å². The molecule has 0 bridgehead atoms. The predicted octanol–water partition coefficient (Wildman–Crippen LogP) is 3.73. The number of non-ortho nitro benzene ring substituents is 1. The lowest BCUT2D eigenvalue weighted by atomic mass is 10.1. The van der Waals surface area contributed by atoms with E-state index in [9.17, 15) is 10.1 Å². The Morgan fingerprint density at radius 1 is 1.52 bits per heavy atom. The van der Waals surface area contributed by atoms with Gasteiger partial charge in [0.15, 0.2) is 0 Å². The Morgan fingerprint density at radius 3 is 3.00 bits per heavy atom. The summed E-state index contributed by atoms with van der Waals surface area (Å²) < 4.78 is 5.84. The fourth-order valence-electron chi connectivity index (χ4n) is 2.68. The summed E-state index contributed by atoms with van der Waals surface area (Å²) in [7, 11) is 0. The Balaban J connectivity index is 2.14. The van der Waals surface area contributed by atoms with E-state index in [-0.39, 0.29) is 22.6 Å². The summed E-state index contributed by atoms with van der Waals surface area (Å²) in [5.41, 5.74) is 1.88. The van der Waals surface area contributed by atoms with Crippen molar-refractivity contribution >= 4 is 23.0 Å². The van der Waals surface area contributed by atoms with Crippen LogP contribution in [0.1, 0.15) is 31.7 Å². The van der Waals surface area contributed by atoms with Crippen LogP contribution in [0.2, 0.25) is 0 Å². The first-order chi connectivity index (χ1) is 10.2. The number of nitro groups is 1. The van der Waals surface area contributed by atoms with Crippen molar-refractivity contribution in [3.05, 3.63) is 33.9 Å². The van der Waals surface area contributed by atoms with Gasteiger partial charge in [0.25, 0.3) is 5.69 Å². The van der Waals surface area contributed by atoms with Crippen LogP contribution in [-0.2, 0) is 10.6 Å². The van der Waals surface area contributed by atoms with Gasteiger partial charge in [0.2, 0.25) is 0 Å². The molecule has 1 unspecified atom stereocenters. The van der Waals surface area contributed by atoms with Crippen LogP contribution in [0.15, 0.2) is 18.2 Å². The lowest BCUT2D eigenvalue weighted by Crippen LogP contribution is -2.40. The largest absolute Gasteiger partial charge is 0.376 e. The van der Waals surface area contributed by atoms with Crippen LogP contribution in [0.3, 0.4) is 0 Å². The third kappa shape index (κ3) is 4.08. The average Bonchev–Trinajstić information content (AvgIpc) is 2.52. The van der Waals surface area contributed by atoms with Gasteiger partial charge in [-0.15, -0.1) is 11.6 Å². The molecule has 6 heteroatoms. The minimum atomic E-state index is -0.386. The standard InChI is InChI=1S/C15H21ClN2O3/c1-2-8-21-14-4-3-7-17(11-14)15-6-5-13(18(19)20)9-12(15)10-16/h5-6,9,14H,2-4,7-8,10-11H2,1H3. The molecule has 1 saturated heterocycles. The van der Waals surface area contributed by atoms with Gasteiger partial charge in [0.05, 0.1) is 11.0 Å². The molecule has 1 heterocycles. The number of halogens is 1. The maximum absolute atomic E-state index is 10.9. The summed E-state index contributed by atoms with van der Waals surface area (Å²) >= 11 is 5.97. The molecule has 0 spiro atoms. The first kappa shape index (κ1) is 16.0. The minimum Gasteiger partial charge on any atom is -0.376 e. The fraction of sp³-hybridized carbons (Fsp3) is 0.600. The Morgan fingerprint density at radius 2 is 2.33 bits per heavy atom. The smallest absolute Gasteiger partial charge is 0.269 e. The number of rotatable bonds is 6. The van der Waals surface area contributed by atoms with Crippen molar-refractivity contribution in [3.8, 4) is 0 Å². The van der Waals surface area contributed by atoms with E-state index in [1.165, 1.54) is 0 Å². The van der Waals surface area contributed by atoms with Crippen molar-refractivity contribution in [2.45, 2.75) is 38.2 Å². The number of hydrogen-bond acceptors (Lipinski definition) is 4. The second-order valence-electron chi connectivity index (χ2n) is 5.28. The predicted molar refractivity (Wildman–Crippen MR) is 84.1 cm³/mol. The molecule has 21 heavy (non-hydrogen) atoms. The van der Waals surface area contributed by atoms with Gasteiger partial charge in [-0.25, -0.2) is 0 Å². The molecule has 1 atom stereocenters. The third-order valence-corrected chi connectivity index (χ3v) is 3.98. The summed E-state index contributed by atoms with van der Waals surface area (Å²) in [4.78, 5) is 12.7. The van der Waals surface area contributed by atoms with Crippen molar-refractivity contribution < 1.29 is 9.66 Å². The number of benzene rings is 1. The van der Waals surface area contributed by atoms with E-state index in [1.807, 2.05) is 0 Å². The molecule has 0 aromatic heterocycles. The number of ether oxygens (including phenoxy) is 1. The van der Waals surface area contributed by atoms with Gasteiger partial charge < -0.3 is 9.64 Å². The van der Waals surface area contributed by atoms with E-state index in [1.54, 1.807) is 18.2 Å². The van der Waals surface area contributed by atoms with Gasteiger partial charge in [-0.3, -0.25) is 10.1 Å². The highest BCUT2D eigenvalue weighted by Crippen LogP contribution is 2.29. The molecule has 2 rings (SSSR count). The van der Waals surface area contributed by atoms with Crippen molar-refractivity contribution in [2.24, 2.45) is 0 Å². The number of piperidine rings is 1. The van der Waals surface area contributed by atoms with Gasteiger partial charge in [-0.05, 0) is 30.9 Å². The normalized spacial score (nSPS) is 18.8. The number of nitrogens with zero attached hydrogens (tertiary/aromatic N) is 2. The number of hydrogen-bond donors (Lipinski definition) is 0. The molecule has 0 saturated carbocycles. The monoisotopic (exact) mass is 312 g/mol. The Kier molecular flexibility index (Phi) is 5.82. The highest BCUT2D eigenvalue weighted by molar-refractivity contribution is 6.17. The number of anilines is 1. The summed E-state index contributed by atoms with van der Waals surface area (Å²) in [6, 6.07) is 4.92. The molecule has 1 aromatic carbocycles. The van der Waals surface area contributed by atoms with Crippen LogP contribution < -0.4 is 4.90 Å². The summed E-state index contributed by atoms with van der Waals surface area (Å²) in [6.45, 7) is 4.64. The van der Waals surface area contributed by atoms with Crippen LogP contribution in [0, 0.1) is 10.1 Å². The Hall–Kier alpha value is -1.33. The second-order valence-corrected chi connectivity index (χ2v) is 5.55. The van der Waals surface area contributed by atoms with Crippen LogP contribution in [0.4, 0.5) is 11.4 Å². The molecule has 5 nitrogen and oxygen atoms in total. The molecule has 1 aliphatic heterocycles. The van der Waals surface area contributed by atoms with Crippen LogP contribution in [0.5, 0.6) is 0 Å². The molecule has 0 aliphatic carbocycles. The Bertz CT molecular complexity index is 496. The van der Waals surface area contributed by atoms with Crippen molar-refractivity contribution in [1.29, 1.82) is 0 Å². The summed E-state index contributed by atoms with van der Waals surface area (Å²) in [5, 5.41) is 10.9. The maximum Gasteiger partial charge on any atom is 0.269 e. The van der Waals surface area contributed by atoms with E-state index in [4.69, 9.17) is 16.3 Å². The van der Waals surface area contributed by atoms with Gasteiger partial charge in [0.1, 0.15) is 0 Å². The fourth-order valence-corrected chi connectivity index (χ4v) is 2.89. The molecule has 0 N–H and O–H groups in total. The highest BCUT2D eigenvalue weighted by atomic mass is 35.5. The van der Waals surface area contributed by atoms with E-state index in [0.29, 0.717) is 0 Å². The second kappa shape index (κ2) is 7.61. The summed E-state index contributed by atoms with van der Waals surface area (Å²) in [5.74, 6) is 0.272. The quantitative estimate of drug-likeness (QED) is 0.456. The first-order valence-electron chi connectivity index (χ1n) is 7.35. The molecule has 1 aromatic rings. The minimum absolute atomic E-state index is 0.0881. The maximum atomic E-state index is 10.9. The molecule has 0 amide bonds. The van der Waals surface area contributed by atoms with Crippen LogP contribution in [0.25, 0.3) is 0 Å². The highest BCUT2D eigenvalue weighted by Gasteiger charge is 2.23. The molecule has 1 fully saturated rings.